The first-order valence-electron chi connectivity index (χ1n) is 9.24. The van der Waals surface area contributed by atoms with Crippen molar-refractivity contribution in [3.05, 3.63) is 54.4 Å². The summed E-state index contributed by atoms with van der Waals surface area (Å²) < 4.78 is 38.3. The van der Waals surface area contributed by atoms with Gasteiger partial charge in [0, 0.05) is 37.2 Å². The molecule has 1 aromatic heterocycles. The van der Waals surface area contributed by atoms with Gasteiger partial charge < -0.3 is 14.8 Å². The molecule has 3 rings (SSSR count). The molecule has 0 radical (unpaired) electrons. The zero-order valence-corrected chi connectivity index (χ0v) is 16.9. The number of sulfonamides is 1. The first-order valence-corrected chi connectivity index (χ1v) is 10.7. The molecule has 2 heterocycles. The Balaban J connectivity index is 1.82. The monoisotopic (exact) mass is 417 g/mol. The standard InChI is InChI=1S/C20H23N3O5S/c1-2-28-18-7-6-17(22-20(24)8-5-16-4-3-9-21-15-16)14-19(18)29(25,26)23-10-12-27-13-11-23/h3-9,14-15H,2,10-13H2,1H3,(H,22,24)/b8-5+. The molecule has 8 nitrogen and oxygen atoms in total. The maximum absolute atomic E-state index is 13.1. The van der Waals surface area contributed by atoms with Crippen molar-refractivity contribution in [2.24, 2.45) is 0 Å². The van der Waals surface area contributed by atoms with E-state index in [4.69, 9.17) is 9.47 Å². The van der Waals surface area contributed by atoms with Gasteiger partial charge in [0.2, 0.25) is 15.9 Å². The Morgan fingerprint density at radius 2 is 2.10 bits per heavy atom. The Hall–Kier alpha value is -2.75. The lowest BCUT2D eigenvalue weighted by atomic mass is 10.2. The molecule has 1 amide bonds. The molecule has 0 saturated carbocycles. The van der Waals surface area contributed by atoms with Crippen molar-refractivity contribution in [2.75, 3.05) is 38.2 Å². The summed E-state index contributed by atoms with van der Waals surface area (Å²) in [6.07, 6.45) is 6.27. The van der Waals surface area contributed by atoms with E-state index in [0.717, 1.165) is 5.56 Å². The molecule has 1 aliphatic heterocycles. The molecule has 0 bridgehead atoms. The molecule has 1 aliphatic rings. The number of carbonyl (C=O) groups excluding carboxylic acids is 1. The highest BCUT2D eigenvalue weighted by Gasteiger charge is 2.29. The molecular formula is C20H23N3O5S. The molecule has 0 aliphatic carbocycles. The normalized spacial score (nSPS) is 15.3. The summed E-state index contributed by atoms with van der Waals surface area (Å²) in [5.74, 6) is -0.129. The van der Waals surface area contributed by atoms with Crippen LogP contribution in [0.2, 0.25) is 0 Å². The molecular weight excluding hydrogens is 394 g/mol. The lowest BCUT2D eigenvalue weighted by Crippen LogP contribution is -2.40. The Bertz CT molecular complexity index is 971. The fourth-order valence-corrected chi connectivity index (χ4v) is 4.38. The highest BCUT2D eigenvalue weighted by molar-refractivity contribution is 7.89. The van der Waals surface area contributed by atoms with E-state index in [-0.39, 0.29) is 29.6 Å². The van der Waals surface area contributed by atoms with E-state index in [1.165, 1.54) is 16.4 Å². The summed E-state index contributed by atoms with van der Waals surface area (Å²) >= 11 is 0. The van der Waals surface area contributed by atoms with Crippen LogP contribution in [0.15, 0.2) is 53.7 Å². The predicted octanol–water partition coefficient (Wildman–Crippen LogP) is 2.15. The Kier molecular flexibility index (Phi) is 6.97. The van der Waals surface area contributed by atoms with Gasteiger partial charge in [-0.15, -0.1) is 0 Å². The van der Waals surface area contributed by atoms with Gasteiger partial charge >= 0.3 is 0 Å². The lowest BCUT2D eigenvalue weighted by molar-refractivity contribution is -0.111. The summed E-state index contributed by atoms with van der Waals surface area (Å²) in [5, 5.41) is 2.69. The van der Waals surface area contributed by atoms with Gasteiger partial charge in [0.1, 0.15) is 10.6 Å². The number of anilines is 1. The van der Waals surface area contributed by atoms with Gasteiger partial charge in [0.25, 0.3) is 0 Å². The zero-order valence-electron chi connectivity index (χ0n) is 16.1. The molecule has 1 saturated heterocycles. The number of hydrogen-bond donors (Lipinski definition) is 1. The third-order valence-corrected chi connectivity index (χ3v) is 6.13. The van der Waals surface area contributed by atoms with Crippen LogP contribution in [-0.2, 0) is 19.6 Å². The molecule has 1 fully saturated rings. The van der Waals surface area contributed by atoms with Gasteiger partial charge in [-0.1, -0.05) is 6.07 Å². The molecule has 1 N–H and O–H groups in total. The largest absolute Gasteiger partial charge is 0.492 e. The fourth-order valence-electron chi connectivity index (χ4n) is 2.82. The Morgan fingerprint density at radius 1 is 1.31 bits per heavy atom. The van der Waals surface area contributed by atoms with Crippen molar-refractivity contribution in [1.82, 2.24) is 9.29 Å². The van der Waals surface area contributed by atoms with Crippen molar-refractivity contribution < 1.29 is 22.7 Å². The van der Waals surface area contributed by atoms with Crippen LogP contribution in [0.3, 0.4) is 0 Å². The third kappa shape index (κ3) is 5.41. The first-order chi connectivity index (χ1) is 14.0. The molecule has 1 aromatic carbocycles. The average Bonchev–Trinajstić information content (AvgIpc) is 2.75. The van der Waals surface area contributed by atoms with Gasteiger partial charge in [-0.25, -0.2) is 8.42 Å². The maximum atomic E-state index is 13.1. The SMILES string of the molecule is CCOc1ccc(NC(=O)/C=C/c2cccnc2)cc1S(=O)(=O)N1CCOCC1. The van der Waals surface area contributed by atoms with Crippen LogP contribution >= 0.6 is 0 Å². The van der Waals surface area contributed by atoms with Crippen LogP contribution in [0, 0.1) is 0 Å². The minimum absolute atomic E-state index is 0.0234. The predicted molar refractivity (Wildman–Crippen MR) is 109 cm³/mol. The van der Waals surface area contributed by atoms with Crippen LogP contribution in [0.25, 0.3) is 6.08 Å². The molecule has 2 aromatic rings. The molecule has 9 heteroatoms. The number of rotatable bonds is 7. The average molecular weight is 417 g/mol. The van der Waals surface area contributed by atoms with Crippen molar-refractivity contribution >= 4 is 27.7 Å². The summed E-state index contributed by atoms with van der Waals surface area (Å²) in [5.41, 5.74) is 1.14. The number of benzene rings is 1. The number of hydrogen-bond acceptors (Lipinski definition) is 6. The summed E-state index contributed by atoms with van der Waals surface area (Å²) in [7, 11) is -3.78. The first kappa shape index (κ1) is 21.0. The van der Waals surface area contributed by atoms with Crippen LogP contribution in [-0.4, -0.2) is 56.5 Å². The van der Waals surface area contributed by atoms with E-state index in [0.29, 0.717) is 25.5 Å². The summed E-state index contributed by atoms with van der Waals surface area (Å²) in [6, 6.07) is 8.18. The second kappa shape index (κ2) is 9.64. The number of pyridine rings is 1. The smallest absolute Gasteiger partial charge is 0.248 e. The minimum Gasteiger partial charge on any atom is -0.492 e. The minimum atomic E-state index is -3.78. The number of aromatic nitrogens is 1. The van der Waals surface area contributed by atoms with Crippen molar-refractivity contribution in [3.63, 3.8) is 0 Å². The molecule has 29 heavy (non-hydrogen) atoms. The van der Waals surface area contributed by atoms with E-state index < -0.39 is 10.0 Å². The van der Waals surface area contributed by atoms with Crippen molar-refractivity contribution in [3.8, 4) is 5.75 Å². The van der Waals surface area contributed by atoms with E-state index in [9.17, 15) is 13.2 Å². The number of morpholine rings is 1. The maximum Gasteiger partial charge on any atom is 0.248 e. The summed E-state index contributed by atoms with van der Waals surface area (Å²) in [4.78, 5) is 16.2. The zero-order chi connectivity index (χ0) is 20.7. The lowest BCUT2D eigenvalue weighted by Gasteiger charge is -2.27. The van der Waals surface area contributed by atoms with E-state index in [1.54, 1.807) is 43.6 Å². The molecule has 154 valence electrons. The number of amides is 1. The second-order valence-corrected chi connectivity index (χ2v) is 8.13. The summed E-state index contributed by atoms with van der Waals surface area (Å²) in [6.45, 7) is 3.35. The highest BCUT2D eigenvalue weighted by Crippen LogP contribution is 2.30. The van der Waals surface area contributed by atoms with Crippen LogP contribution in [0.1, 0.15) is 12.5 Å². The number of nitrogens with zero attached hydrogens (tertiary/aromatic N) is 2. The Labute approximate surface area is 170 Å². The molecule has 0 unspecified atom stereocenters. The molecule has 0 spiro atoms. The topological polar surface area (TPSA) is 97.8 Å². The van der Waals surface area contributed by atoms with Gasteiger partial charge in [-0.3, -0.25) is 9.78 Å². The van der Waals surface area contributed by atoms with E-state index >= 15 is 0 Å². The van der Waals surface area contributed by atoms with E-state index in [2.05, 4.69) is 10.3 Å². The van der Waals surface area contributed by atoms with Crippen LogP contribution in [0.5, 0.6) is 5.75 Å². The number of ether oxygens (including phenoxy) is 2. The van der Waals surface area contributed by atoms with E-state index in [1.807, 2.05) is 6.07 Å². The Morgan fingerprint density at radius 3 is 2.79 bits per heavy atom. The highest BCUT2D eigenvalue weighted by atomic mass is 32.2. The fraction of sp³-hybridized carbons (Fsp3) is 0.300. The third-order valence-electron chi connectivity index (χ3n) is 4.21. The van der Waals surface area contributed by atoms with Crippen molar-refractivity contribution in [1.29, 1.82) is 0 Å². The van der Waals surface area contributed by atoms with Gasteiger partial charge in [-0.2, -0.15) is 4.31 Å². The number of carbonyl (C=O) groups is 1. The quantitative estimate of drug-likeness (QED) is 0.694. The molecule has 0 atom stereocenters. The second-order valence-electron chi connectivity index (χ2n) is 6.22. The van der Waals surface area contributed by atoms with Gasteiger partial charge in [0.05, 0.1) is 19.8 Å². The van der Waals surface area contributed by atoms with Crippen LogP contribution < -0.4 is 10.1 Å². The van der Waals surface area contributed by atoms with Gasteiger partial charge in [-0.05, 0) is 42.8 Å². The number of nitrogens with one attached hydrogen (secondary N) is 1. The van der Waals surface area contributed by atoms with Crippen molar-refractivity contribution in [2.45, 2.75) is 11.8 Å². The van der Waals surface area contributed by atoms with Crippen LogP contribution in [0.4, 0.5) is 5.69 Å². The van der Waals surface area contributed by atoms with Gasteiger partial charge in [0.15, 0.2) is 0 Å².